The van der Waals surface area contributed by atoms with Crippen LogP contribution in [0.4, 0.5) is 0 Å². The molecule has 0 aliphatic heterocycles. The average molecular weight is 247 g/mol. The van der Waals surface area contributed by atoms with Gasteiger partial charge in [0.2, 0.25) is 0 Å². The molecule has 2 heterocycles. The first-order chi connectivity index (χ1) is 8.70. The van der Waals surface area contributed by atoms with Gasteiger partial charge in [0.15, 0.2) is 0 Å². The molecular weight excluding hydrogens is 226 g/mol. The number of nitrogens with one attached hydrogen (secondary N) is 1. The Kier molecular flexibility index (Phi) is 4.20. The summed E-state index contributed by atoms with van der Waals surface area (Å²) in [5.74, 6) is 0.993. The van der Waals surface area contributed by atoms with Gasteiger partial charge in [0, 0.05) is 24.8 Å². The number of rotatable bonds is 6. The van der Waals surface area contributed by atoms with Crippen molar-refractivity contribution < 1.29 is 4.42 Å². The number of hydrogen-bond acceptors (Lipinski definition) is 3. The molecule has 0 aliphatic rings. The zero-order valence-electron chi connectivity index (χ0n) is 11.3. The first kappa shape index (κ1) is 12.9. The SMILES string of the molecule is CCCNC(Cc1cnn(C)c1)c1ccoc1C. The lowest BCUT2D eigenvalue weighted by Crippen LogP contribution is -2.24. The molecule has 1 unspecified atom stereocenters. The van der Waals surface area contributed by atoms with Crippen molar-refractivity contribution in [1.29, 1.82) is 0 Å². The number of aromatic nitrogens is 2. The summed E-state index contributed by atoms with van der Waals surface area (Å²) in [5, 5.41) is 7.79. The van der Waals surface area contributed by atoms with Gasteiger partial charge in [0.05, 0.1) is 12.5 Å². The van der Waals surface area contributed by atoms with Gasteiger partial charge in [-0.2, -0.15) is 5.10 Å². The van der Waals surface area contributed by atoms with Gasteiger partial charge < -0.3 is 9.73 Å². The van der Waals surface area contributed by atoms with Crippen molar-refractivity contribution in [2.45, 2.75) is 32.7 Å². The quantitative estimate of drug-likeness (QED) is 0.853. The Hall–Kier alpha value is -1.55. The minimum absolute atomic E-state index is 0.299. The third kappa shape index (κ3) is 3.01. The average Bonchev–Trinajstić information content (AvgIpc) is 2.93. The van der Waals surface area contributed by atoms with E-state index in [-0.39, 0.29) is 0 Å². The minimum Gasteiger partial charge on any atom is -0.469 e. The normalized spacial score (nSPS) is 12.8. The van der Waals surface area contributed by atoms with Crippen LogP contribution in [0.2, 0.25) is 0 Å². The van der Waals surface area contributed by atoms with Crippen molar-refractivity contribution in [2.24, 2.45) is 7.05 Å². The van der Waals surface area contributed by atoms with Crippen molar-refractivity contribution >= 4 is 0 Å². The largest absolute Gasteiger partial charge is 0.469 e. The predicted molar refractivity (Wildman–Crippen MR) is 71.4 cm³/mol. The molecule has 18 heavy (non-hydrogen) atoms. The fourth-order valence-electron chi connectivity index (χ4n) is 2.18. The molecule has 0 fully saturated rings. The van der Waals surface area contributed by atoms with Gasteiger partial charge in [-0.1, -0.05) is 6.92 Å². The predicted octanol–water partition coefficient (Wildman–Crippen LogP) is 2.60. The summed E-state index contributed by atoms with van der Waals surface area (Å²) in [6, 6.07) is 2.35. The smallest absolute Gasteiger partial charge is 0.105 e. The Labute approximate surface area is 108 Å². The first-order valence-corrected chi connectivity index (χ1v) is 6.45. The van der Waals surface area contributed by atoms with E-state index in [0.717, 1.165) is 25.1 Å². The lowest BCUT2D eigenvalue weighted by atomic mass is 10.0. The molecule has 98 valence electrons. The number of furan rings is 1. The van der Waals surface area contributed by atoms with Crippen molar-refractivity contribution in [1.82, 2.24) is 15.1 Å². The monoisotopic (exact) mass is 247 g/mol. The van der Waals surface area contributed by atoms with Crippen LogP contribution in [0.5, 0.6) is 0 Å². The van der Waals surface area contributed by atoms with Crippen molar-refractivity contribution in [3.8, 4) is 0 Å². The maximum atomic E-state index is 5.41. The molecule has 0 saturated heterocycles. The van der Waals surface area contributed by atoms with Crippen LogP contribution in [0.3, 0.4) is 0 Å². The van der Waals surface area contributed by atoms with Crippen molar-refractivity contribution in [3.63, 3.8) is 0 Å². The molecule has 0 radical (unpaired) electrons. The van der Waals surface area contributed by atoms with Crippen molar-refractivity contribution in [3.05, 3.63) is 41.6 Å². The van der Waals surface area contributed by atoms with Gasteiger partial charge in [-0.15, -0.1) is 0 Å². The molecule has 1 atom stereocenters. The second kappa shape index (κ2) is 5.87. The van der Waals surface area contributed by atoms with Gasteiger partial charge >= 0.3 is 0 Å². The van der Waals surface area contributed by atoms with Gasteiger partial charge in [-0.05, 0) is 37.9 Å². The van der Waals surface area contributed by atoms with Crippen LogP contribution in [-0.2, 0) is 13.5 Å². The molecule has 0 aromatic carbocycles. The zero-order chi connectivity index (χ0) is 13.0. The van der Waals surface area contributed by atoms with Gasteiger partial charge in [0.25, 0.3) is 0 Å². The van der Waals surface area contributed by atoms with E-state index in [0.29, 0.717) is 6.04 Å². The maximum absolute atomic E-state index is 5.41. The van der Waals surface area contributed by atoms with Crippen LogP contribution < -0.4 is 5.32 Å². The van der Waals surface area contributed by atoms with Crippen LogP contribution >= 0.6 is 0 Å². The first-order valence-electron chi connectivity index (χ1n) is 6.45. The molecule has 2 aromatic heterocycles. The molecule has 0 aliphatic carbocycles. The van der Waals surface area contributed by atoms with E-state index < -0.39 is 0 Å². The molecule has 0 amide bonds. The van der Waals surface area contributed by atoms with Crippen LogP contribution in [0.25, 0.3) is 0 Å². The lowest BCUT2D eigenvalue weighted by molar-refractivity contribution is 0.494. The summed E-state index contributed by atoms with van der Waals surface area (Å²) >= 11 is 0. The highest BCUT2D eigenvalue weighted by molar-refractivity contribution is 5.23. The highest BCUT2D eigenvalue weighted by Crippen LogP contribution is 2.22. The Morgan fingerprint density at radius 2 is 2.33 bits per heavy atom. The third-order valence-corrected chi connectivity index (χ3v) is 3.11. The zero-order valence-corrected chi connectivity index (χ0v) is 11.3. The van der Waals surface area contributed by atoms with Crippen molar-refractivity contribution in [2.75, 3.05) is 6.54 Å². The maximum Gasteiger partial charge on any atom is 0.105 e. The van der Waals surface area contributed by atoms with Gasteiger partial charge in [0.1, 0.15) is 5.76 Å². The van der Waals surface area contributed by atoms with Crippen LogP contribution in [0.1, 0.15) is 36.3 Å². The highest BCUT2D eigenvalue weighted by atomic mass is 16.3. The van der Waals surface area contributed by atoms with E-state index >= 15 is 0 Å². The van der Waals surface area contributed by atoms with E-state index in [1.165, 1.54) is 11.1 Å². The minimum atomic E-state index is 0.299. The summed E-state index contributed by atoms with van der Waals surface area (Å²) in [4.78, 5) is 0. The number of hydrogen-bond donors (Lipinski definition) is 1. The van der Waals surface area contributed by atoms with Gasteiger partial charge in [-0.3, -0.25) is 4.68 Å². The Bertz CT molecular complexity index is 487. The van der Waals surface area contributed by atoms with Crippen LogP contribution in [0.15, 0.2) is 29.1 Å². The fourth-order valence-corrected chi connectivity index (χ4v) is 2.18. The summed E-state index contributed by atoms with van der Waals surface area (Å²) < 4.78 is 7.25. The topological polar surface area (TPSA) is 43.0 Å². The second-order valence-electron chi connectivity index (χ2n) is 4.67. The lowest BCUT2D eigenvalue weighted by Gasteiger charge is -2.17. The molecule has 4 nitrogen and oxygen atoms in total. The van der Waals surface area contributed by atoms with Crippen LogP contribution in [-0.4, -0.2) is 16.3 Å². The Morgan fingerprint density at radius 3 is 2.89 bits per heavy atom. The molecule has 0 spiro atoms. The van der Waals surface area contributed by atoms with E-state index in [4.69, 9.17) is 4.42 Å². The van der Waals surface area contributed by atoms with E-state index in [9.17, 15) is 0 Å². The summed E-state index contributed by atoms with van der Waals surface area (Å²) in [7, 11) is 1.95. The second-order valence-corrected chi connectivity index (χ2v) is 4.67. The number of nitrogens with zero attached hydrogens (tertiary/aromatic N) is 2. The summed E-state index contributed by atoms with van der Waals surface area (Å²) in [6.45, 7) is 5.20. The molecule has 2 rings (SSSR count). The van der Waals surface area contributed by atoms with Gasteiger partial charge in [-0.25, -0.2) is 0 Å². The molecule has 1 N–H and O–H groups in total. The summed E-state index contributed by atoms with van der Waals surface area (Å²) in [6.07, 6.45) is 7.81. The fraction of sp³-hybridized carbons (Fsp3) is 0.500. The van der Waals surface area contributed by atoms with Crippen LogP contribution in [0, 0.1) is 6.92 Å². The number of aryl methyl sites for hydroxylation is 2. The molecule has 4 heteroatoms. The molecule has 0 saturated carbocycles. The molecule has 0 bridgehead atoms. The Morgan fingerprint density at radius 1 is 1.50 bits per heavy atom. The Balaban J connectivity index is 2.12. The van der Waals surface area contributed by atoms with E-state index in [2.05, 4.69) is 29.6 Å². The molecule has 2 aromatic rings. The molecular formula is C14H21N3O. The van der Waals surface area contributed by atoms with E-state index in [1.54, 1.807) is 6.26 Å². The standard InChI is InChI=1S/C14H21N3O/c1-4-6-15-14(13-5-7-18-11(13)2)8-12-9-16-17(3)10-12/h5,7,9-10,14-15H,4,6,8H2,1-3H3. The third-order valence-electron chi connectivity index (χ3n) is 3.11. The highest BCUT2D eigenvalue weighted by Gasteiger charge is 2.16. The summed E-state index contributed by atoms with van der Waals surface area (Å²) in [5.41, 5.74) is 2.49. The van der Waals surface area contributed by atoms with E-state index in [1.807, 2.05) is 24.9 Å².